The van der Waals surface area contributed by atoms with E-state index in [2.05, 4.69) is 140 Å². The monoisotopic (exact) mass is 566 g/mol. The van der Waals surface area contributed by atoms with Gasteiger partial charge in [-0.1, -0.05) is 140 Å². The van der Waals surface area contributed by atoms with E-state index in [0.29, 0.717) is 12.7 Å². The summed E-state index contributed by atoms with van der Waals surface area (Å²) in [6, 6.07) is 50.8. The minimum Gasteiger partial charge on any atom is -0.0622 e. The average Bonchev–Trinajstić information content (AvgIpc) is 2.94. The Morgan fingerprint density at radius 3 is 1.53 bits per heavy atom. The van der Waals surface area contributed by atoms with Crippen molar-refractivity contribution in [3.05, 3.63) is 140 Å². The molecule has 36 heavy (non-hydrogen) atoms. The van der Waals surface area contributed by atoms with E-state index < -0.39 is 7.92 Å². The maximum Gasteiger partial charge on any atom is -0.00155 e. The van der Waals surface area contributed by atoms with Crippen LogP contribution in [0.15, 0.2) is 140 Å². The molecule has 0 unspecified atom stereocenters. The summed E-state index contributed by atoms with van der Waals surface area (Å²) >= 11 is 0.569. The van der Waals surface area contributed by atoms with Crippen molar-refractivity contribution in [3.8, 4) is 11.1 Å². The summed E-state index contributed by atoms with van der Waals surface area (Å²) in [4.78, 5) is 0. The Morgan fingerprint density at radius 2 is 0.917 bits per heavy atom. The molecule has 0 saturated heterocycles. The van der Waals surface area contributed by atoms with Crippen LogP contribution in [0.4, 0.5) is 0 Å². The van der Waals surface area contributed by atoms with E-state index in [-0.39, 0.29) is 0 Å². The standard InChI is InChI=1S/C32H23P.2ClH.Ni/c1-3-15-26(16-4-1)33(27-17-5-2-6-18-27)31-23-22-25-13-8-10-20-29(25)32(31)30-21-11-14-24-12-7-9-19-28(24)30;;;/h1-23H;2*1H;/q;;;+2/p-2. The van der Waals surface area contributed by atoms with E-state index in [1.165, 1.54) is 48.6 Å². The van der Waals surface area contributed by atoms with E-state index in [1.807, 2.05) is 0 Å². The Labute approximate surface area is 228 Å². The van der Waals surface area contributed by atoms with Gasteiger partial charge in [0.1, 0.15) is 0 Å². The van der Waals surface area contributed by atoms with E-state index in [9.17, 15) is 0 Å². The van der Waals surface area contributed by atoms with Crippen LogP contribution >= 0.6 is 28.3 Å². The molecule has 0 radical (unpaired) electrons. The normalized spacial score (nSPS) is 11.0. The molecule has 0 aliphatic carbocycles. The van der Waals surface area contributed by atoms with Crippen LogP contribution in [0.5, 0.6) is 0 Å². The second-order valence-electron chi connectivity index (χ2n) is 8.26. The summed E-state index contributed by atoms with van der Waals surface area (Å²) in [5, 5.41) is 9.31. The van der Waals surface area contributed by atoms with E-state index in [4.69, 9.17) is 20.4 Å². The van der Waals surface area contributed by atoms with Gasteiger partial charge < -0.3 is 0 Å². The van der Waals surface area contributed by atoms with Crippen LogP contribution < -0.4 is 15.9 Å². The summed E-state index contributed by atoms with van der Waals surface area (Å²) in [6.07, 6.45) is 0. The molecule has 6 aromatic rings. The van der Waals surface area contributed by atoms with Gasteiger partial charge in [0.25, 0.3) is 0 Å². The molecule has 180 valence electrons. The Kier molecular flexibility index (Phi) is 8.37. The molecule has 0 nitrogen and oxygen atoms in total. The first kappa shape index (κ1) is 25.0. The number of rotatable bonds is 4. The third-order valence-corrected chi connectivity index (χ3v) is 8.72. The molecule has 4 heteroatoms. The van der Waals surface area contributed by atoms with E-state index in [1.54, 1.807) is 0 Å². The second kappa shape index (κ2) is 12.1. The average molecular weight is 568 g/mol. The van der Waals surface area contributed by atoms with Crippen molar-refractivity contribution in [2.75, 3.05) is 0 Å². The Balaban J connectivity index is 0.000000848. The second-order valence-corrected chi connectivity index (χ2v) is 12.1. The van der Waals surface area contributed by atoms with Crippen LogP contribution in [-0.4, -0.2) is 0 Å². The number of benzene rings is 6. The SMILES string of the molecule is [Cl][Ni][Cl].c1ccc(P(c2ccccc2)c2ccc3ccccc3c2-c2cccc3ccccc23)cc1. The van der Waals surface area contributed by atoms with Gasteiger partial charge in [-0.15, -0.1) is 0 Å². The first-order chi connectivity index (χ1) is 17.8. The predicted molar refractivity (Wildman–Crippen MR) is 157 cm³/mol. The Hall–Kier alpha value is -2.66. The number of fused-ring (bicyclic) bond motifs is 2. The van der Waals surface area contributed by atoms with Crippen LogP contribution in [0.1, 0.15) is 0 Å². The van der Waals surface area contributed by atoms with Crippen molar-refractivity contribution < 1.29 is 12.7 Å². The first-order valence-electron chi connectivity index (χ1n) is 11.5. The van der Waals surface area contributed by atoms with Crippen molar-refractivity contribution in [1.82, 2.24) is 0 Å². The predicted octanol–water partition coefficient (Wildman–Crippen LogP) is 8.79. The topological polar surface area (TPSA) is 0 Å². The Bertz CT molecular complexity index is 1540. The summed E-state index contributed by atoms with van der Waals surface area (Å²) in [6.45, 7) is 0. The molecule has 0 N–H and O–H groups in total. The molecule has 6 rings (SSSR count). The van der Waals surface area contributed by atoms with Crippen LogP contribution in [0.3, 0.4) is 0 Å². The van der Waals surface area contributed by atoms with Gasteiger partial charge in [0, 0.05) is 0 Å². The molecule has 0 spiro atoms. The fourth-order valence-electron chi connectivity index (χ4n) is 4.75. The van der Waals surface area contributed by atoms with Gasteiger partial charge in [-0.2, -0.15) is 0 Å². The van der Waals surface area contributed by atoms with Gasteiger partial charge in [0.05, 0.1) is 0 Å². The van der Waals surface area contributed by atoms with Gasteiger partial charge in [-0.25, -0.2) is 0 Å². The molecule has 0 atom stereocenters. The zero-order valence-electron chi connectivity index (χ0n) is 19.3. The molecule has 0 aromatic heterocycles. The number of hydrogen-bond donors (Lipinski definition) is 0. The van der Waals surface area contributed by atoms with Gasteiger partial charge in [0.2, 0.25) is 0 Å². The molecule has 0 aliphatic rings. The van der Waals surface area contributed by atoms with Gasteiger partial charge in [-0.3, -0.25) is 0 Å². The fourth-order valence-corrected chi connectivity index (χ4v) is 7.24. The van der Waals surface area contributed by atoms with Crippen molar-refractivity contribution in [3.63, 3.8) is 0 Å². The molecule has 0 aliphatic heterocycles. The van der Waals surface area contributed by atoms with Crippen LogP contribution in [0, 0.1) is 0 Å². The largest absolute Gasteiger partial charge is 0.0622 e. The summed E-state index contributed by atoms with van der Waals surface area (Å²) in [5.41, 5.74) is 2.66. The molecule has 0 bridgehead atoms. The molecule has 0 fully saturated rings. The molecule has 6 aromatic carbocycles. The Morgan fingerprint density at radius 1 is 0.444 bits per heavy atom. The van der Waals surface area contributed by atoms with Crippen molar-refractivity contribution in [2.45, 2.75) is 0 Å². The summed E-state index contributed by atoms with van der Waals surface area (Å²) in [5.74, 6) is 0. The smallest absolute Gasteiger partial charge is 0.00155 e. The molecular weight excluding hydrogens is 545 g/mol. The summed E-state index contributed by atoms with van der Waals surface area (Å²) < 4.78 is 0. The van der Waals surface area contributed by atoms with Gasteiger partial charge in [-0.05, 0) is 56.5 Å². The van der Waals surface area contributed by atoms with Gasteiger partial charge >= 0.3 is 33.0 Å². The number of hydrogen-bond acceptors (Lipinski definition) is 0. The van der Waals surface area contributed by atoms with Crippen LogP contribution in [0.25, 0.3) is 32.7 Å². The van der Waals surface area contributed by atoms with Crippen LogP contribution in [0.2, 0.25) is 0 Å². The van der Waals surface area contributed by atoms with Gasteiger partial charge in [0.15, 0.2) is 0 Å². The van der Waals surface area contributed by atoms with E-state index >= 15 is 0 Å². The van der Waals surface area contributed by atoms with E-state index in [0.717, 1.165) is 0 Å². The minimum atomic E-state index is -0.719. The van der Waals surface area contributed by atoms with Crippen LogP contribution in [-0.2, 0) is 12.7 Å². The quantitative estimate of drug-likeness (QED) is 0.147. The zero-order valence-corrected chi connectivity index (χ0v) is 22.7. The molecule has 0 saturated carbocycles. The minimum absolute atomic E-state index is 0.569. The third-order valence-electron chi connectivity index (χ3n) is 6.24. The maximum atomic E-state index is 4.70. The molecular formula is C32H23Cl2NiP. The van der Waals surface area contributed by atoms with Crippen molar-refractivity contribution in [2.24, 2.45) is 0 Å². The van der Waals surface area contributed by atoms with Crippen molar-refractivity contribution in [1.29, 1.82) is 0 Å². The maximum absolute atomic E-state index is 4.70. The summed E-state index contributed by atoms with van der Waals surface area (Å²) in [7, 11) is 8.68. The molecule has 0 amide bonds. The zero-order chi connectivity index (χ0) is 24.7. The third kappa shape index (κ3) is 5.22. The number of halogens is 2. The molecule has 0 heterocycles. The van der Waals surface area contributed by atoms with Crippen molar-refractivity contribution >= 4 is 65.8 Å². The first-order valence-corrected chi connectivity index (χ1v) is 15.6. The fraction of sp³-hybridized carbons (Fsp3) is 0.